The molecule has 2 fully saturated rings. The molecule has 0 unspecified atom stereocenters. The highest BCUT2D eigenvalue weighted by atomic mass is 15.3. The first kappa shape index (κ1) is 11.2. The summed E-state index contributed by atoms with van der Waals surface area (Å²) in [5, 5.41) is 8.25. The Balaban J connectivity index is 1.60. The summed E-state index contributed by atoms with van der Waals surface area (Å²) in [7, 11) is 0. The van der Waals surface area contributed by atoms with E-state index in [1.54, 1.807) is 0 Å². The molecule has 4 heteroatoms. The Morgan fingerprint density at radius 1 is 1.21 bits per heavy atom. The van der Waals surface area contributed by atoms with Gasteiger partial charge in [-0.1, -0.05) is 0 Å². The average molecular weight is 254 g/mol. The first-order chi connectivity index (χ1) is 9.40. The molecule has 2 aliphatic carbocycles. The molecule has 0 saturated heterocycles. The maximum absolute atomic E-state index is 4.69. The molecule has 0 atom stereocenters. The van der Waals surface area contributed by atoms with Crippen LogP contribution in [0.15, 0.2) is 30.7 Å². The number of hydrogen-bond acceptors (Lipinski definition) is 3. The zero-order valence-corrected chi connectivity index (χ0v) is 10.9. The van der Waals surface area contributed by atoms with Crippen molar-refractivity contribution in [3.63, 3.8) is 0 Å². The van der Waals surface area contributed by atoms with Gasteiger partial charge in [0, 0.05) is 30.9 Å². The molecule has 0 aromatic carbocycles. The molecule has 0 bridgehead atoms. The van der Waals surface area contributed by atoms with Crippen LogP contribution in [-0.2, 0) is 6.54 Å². The van der Waals surface area contributed by atoms with Crippen molar-refractivity contribution in [2.75, 3.05) is 0 Å². The van der Waals surface area contributed by atoms with E-state index < -0.39 is 0 Å². The smallest absolute Gasteiger partial charge is 0.0873 e. The van der Waals surface area contributed by atoms with Crippen LogP contribution in [0.5, 0.6) is 0 Å². The molecule has 0 aliphatic heterocycles. The minimum absolute atomic E-state index is 0.700. The summed E-state index contributed by atoms with van der Waals surface area (Å²) in [4.78, 5) is 4.25. The maximum atomic E-state index is 4.69. The molecule has 0 radical (unpaired) electrons. The van der Waals surface area contributed by atoms with Gasteiger partial charge in [0.15, 0.2) is 0 Å². The molecule has 98 valence electrons. The van der Waals surface area contributed by atoms with Crippen molar-refractivity contribution in [3.05, 3.63) is 42.0 Å². The van der Waals surface area contributed by atoms with Crippen LogP contribution in [0.1, 0.15) is 42.9 Å². The minimum Gasteiger partial charge on any atom is -0.310 e. The van der Waals surface area contributed by atoms with E-state index in [1.165, 1.54) is 36.9 Å². The zero-order valence-electron chi connectivity index (χ0n) is 10.9. The third kappa shape index (κ3) is 2.40. The van der Waals surface area contributed by atoms with E-state index >= 15 is 0 Å². The summed E-state index contributed by atoms with van der Waals surface area (Å²) in [5.41, 5.74) is 3.60. The summed E-state index contributed by atoms with van der Waals surface area (Å²) in [6.45, 7) is 0.904. The van der Waals surface area contributed by atoms with Crippen molar-refractivity contribution in [2.45, 2.75) is 44.2 Å². The van der Waals surface area contributed by atoms with Crippen molar-refractivity contribution in [2.24, 2.45) is 0 Å². The summed E-state index contributed by atoms with van der Waals surface area (Å²) < 4.78 is 1.98. The van der Waals surface area contributed by atoms with Gasteiger partial charge in [-0.25, -0.2) is 4.68 Å². The van der Waals surface area contributed by atoms with Crippen LogP contribution in [0.3, 0.4) is 0 Å². The highest BCUT2D eigenvalue weighted by Gasteiger charge is 2.26. The van der Waals surface area contributed by atoms with E-state index in [9.17, 15) is 0 Å². The normalized spacial score (nSPS) is 18.7. The molecule has 4 rings (SSSR count). The van der Waals surface area contributed by atoms with Gasteiger partial charge in [0.05, 0.1) is 17.6 Å². The number of aromatic nitrogens is 3. The number of nitrogens with one attached hydrogen (secondary N) is 1. The van der Waals surface area contributed by atoms with Gasteiger partial charge in [-0.05, 0) is 43.4 Å². The predicted molar refractivity (Wildman–Crippen MR) is 73.2 cm³/mol. The Labute approximate surface area is 112 Å². The van der Waals surface area contributed by atoms with E-state index in [4.69, 9.17) is 5.10 Å². The highest BCUT2D eigenvalue weighted by molar-refractivity contribution is 5.38. The van der Waals surface area contributed by atoms with Crippen molar-refractivity contribution >= 4 is 0 Å². The van der Waals surface area contributed by atoms with Crippen molar-refractivity contribution in [1.29, 1.82) is 0 Å². The van der Waals surface area contributed by atoms with Gasteiger partial charge in [-0.2, -0.15) is 5.10 Å². The fraction of sp³-hybridized carbons (Fsp3) is 0.467. The van der Waals surface area contributed by atoms with E-state index in [2.05, 4.69) is 28.6 Å². The Bertz CT molecular complexity index is 581. The minimum atomic E-state index is 0.700. The Morgan fingerprint density at radius 3 is 2.89 bits per heavy atom. The lowest BCUT2D eigenvalue weighted by atomic mass is 10.2. The van der Waals surface area contributed by atoms with Crippen LogP contribution >= 0.6 is 0 Å². The fourth-order valence-electron chi connectivity index (χ4n) is 2.38. The number of pyridine rings is 1. The van der Waals surface area contributed by atoms with Crippen LogP contribution in [-0.4, -0.2) is 20.8 Å². The molecule has 0 spiro atoms. The van der Waals surface area contributed by atoms with Crippen LogP contribution in [0.2, 0.25) is 0 Å². The summed E-state index contributed by atoms with van der Waals surface area (Å²) >= 11 is 0. The van der Waals surface area contributed by atoms with Gasteiger partial charge < -0.3 is 5.32 Å². The SMILES string of the molecule is c1cc(CNC2CC2)c(-n2ccc(C3CC3)n2)cn1. The number of nitrogens with zero attached hydrogens (tertiary/aromatic N) is 3. The van der Waals surface area contributed by atoms with Gasteiger partial charge in [0.1, 0.15) is 0 Å². The molecule has 0 amide bonds. The van der Waals surface area contributed by atoms with Crippen LogP contribution < -0.4 is 5.32 Å². The second-order valence-electron chi connectivity index (χ2n) is 5.62. The number of hydrogen-bond donors (Lipinski definition) is 1. The maximum Gasteiger partial charge on any atom is 0.0873 e. The average Bonchev–Trinajstić information content (AvgIpc) is 3.37. The van der Waals surface area contributed by atoms with E-state index in [0.29, 0.717) is 5.92 Å². The standard InChI is InChI=1S/C15H18N4/c1-2-11(1)14-6-8-19(18-14)15-10-16-7-5-12(15)9-17-13-3-4-13/h5-8,10-11,13,17H,1-4,9H2. The Kier molecular flexibility index (Phi) is 2.62. The molecule has 2 aromatic rings. The molecule has 19 heavy (non-hydrogen) atoms. The van der Waals surface area contributed by atoms with Gasteiger partial charge in [0.2, 0.25) is 0 Å². The van der Waals surface area contributed by atoms with Gasteiger partial charge in [-0.15, -0.1) is 0 Å². The zero-order chi connectivity index (χ0) is 12.7. The topological polar surface area (TPSA) is 42.7 Å². The first-order valence-electron chi connectivity index (χ1n) is 7.12. The highest BCUT2D eigenvalue weighted by Crippen LogP contribution is 2.39. The first-order valence-corrected chi connectivity index (χ1v) is 7.12. The van der Waals surface area contributed by atoms with Crippen molar-refractivity contribution in [1.82, 2.24) is 20.1 Å². The second-order valence-corrected chi connectivity index (χ2v) is 5.62. The lowest BCUT2D eigenvalue weighted by Gasteiger charge is -2.09. The monoisotopic (exact) mass is 254 g/mol. The van der Waals surface area contributed by atoms with Gasteiger partial charge in [0.25, 0.3) is 0 Å². The summed E-state index contributed by atoms with van der Waals surface area (Å²) in [5.74, 6) is 0.700. The van der Waals surface area contributed by atoms with Gasteiger partial charge in [-0.3, -0.25) is 4.98 Å². The van der Waals surface area contributed by atoms with Crippen LogP contribution in [0, 0.1) is 0 Å². The molecule has 4 nitrogen and oxygen atoms in total. The summed E-state index contributed by atoms with van der Waals surface area (Å²) in [6, 6.07) is 4.95. The molecule has 2 saturated carbocycles. The lowest BCUT2D eigenvalue weighted by Crippen LogP contribution is -2.17. The van der Waals surface area contributed by atoms with E-state index in [1.807, 2.05) is 17.1 Å². The van der Waals surface area contributed by atoms with Crippen molar-refractivity contribution in [3.8, 4) is 5.69 Å². The molecule has 1 N–H and O–H groups in total. The fourth-order valence-corrected chi connectivity index (χ4v) is 2.38. The van der Waals surface area contributed by atoms with Crippen molar-refractivity contribution < 1.29 is 0 Å². The second kappa shape index (κ2) is 4.46. The third-order valence-corrected chi connectivity index (χ3v) is 3.90. The molecule has 2 heterocycles. The molecule has 2 aliphatic rings. The largest absolute Gasteiger partial charge is 0.310 e. The quantitative estimate of drug-likeness (QED) is 0.891. The van der Waals surface area contributed by atoms with E-state index in [0.717, 1.165) is 18.3 Å². The third-order valence-electron chi connectivity index (χ3n) is 3.90. The van der Waals surface area contributed by atoms with Gasteiger partial charge >= 0.3 is 0 Å². The molecule has 2 aromatic heterocycles. The van der Waals surface area contributed by atoms with E-state index in [-0.39, 0.29) is 0 Å². The predicted octanol–water partition coefficient (Wildman–Crippen LogP) is 2.40. The summed E-state index contributed by atoms with van der Waals surface area (Å²) in [6.07, 6.45) is 11.0. The number of rotatable bonds is 5. The Hall–Kier alpha value is -1.68. The van der Waals surface area contributed by atoms with Crippen LogP contribution in [0.25, 0.3) is 5.69 Å². The van der Waals surface area contributed by atoms with Crippen LogP contribution in [0.4, 0.5) is 0 Å². The molecular weight excluding hydrogens is 236 g/mol. The molecular formula is C15H18N4. The Morgan fingerprint density at radius 2 is 2.11 bits per heavy atom. The lowest BCUT2D eigenvalue weighted by molar-refractivity contribution is 0.679.